The number of hydrogen-bond acceptors (Lipinski definition) is 3. The fourth-order valence-electron chi connectivity index (χ4n) is 3.04. The van der Waals surface area contributed by atoms with Crippen molar-refractivity contribution in [1.82, 2.24) is 4.90 Å². The Labute approximate surface area is 133 Å². The zero-order chi connectivity index (χ0) is 16.5. The number of benzene rings is 1. The van der Waals surface area contributed by atoms with Gasteiger partial charge in [0.1, 0.15) is 5.60 Å². The Morgan fingerprint density at radius 3 is 2.59 bits per heavy atom. The Morgan fingerprint density at radius 1 is 1.32 bits per heavy atom. The third-order valence-electron chi connectivity index (χ3n) is 4.36. The highest BCUT2D eigenvalue weighted by Gasteiger charge is 2.32. The fourth-order valence-corrected chi connectivity index (χ4v) is 3.04. The minimum atomic E-state index is -0.467. The molecule has 1 heterocycles. The van der Waals surface area contributed by atoms with Crippen LogP contribution in [0.25, 0.3) is 0 Å². The van der Waals surface area contributed by atoms with Crippen molar-refractivity contribution < 1.29 is 9.53 Å². The summed E-state index contributed by atoms with van der Waals surface area (Å²) in [7, 11) is 0. The fraction of sp³-hybridized carbons (Fsp3) is 0.611. The Kier molecular flexibility index (Phi) is 4.81. The molecule has 4 heteroatoms. The van der Waals surface area contributed by atoms with Gasteiger partial charge in [-0.3, -0.25) is 0 Å². The van der Waals surface area contributed by atoms with E-state index in [1.165, 1.54) is 16.7 Å². The molecule has 2 rings (SSSR count). The average molecular weight is 304 g/mol. The lowest BCUT2D eigenvalue weighted by atomic mass is 9.82. The van der Waals surface area contributed by atoms with E-state index in [-0.39, 0.29) is 12.1 Å². The summed E-state index contributed by atoms with van der Waals surface area (Å²) in [6, 6.07) is 6.32. The number of ether oxygens (including phenoxy) is 1. The monoisotopic (exact) mass is 304 g/mol. The molecule has 1 aromatic carbocycles. The van der Waals surface area contributed by atoms with Crippen molar-refractivity contribution in [1.29, 1.82) is 0 Å². The predicted octanol–water partition coefficient (Wildman–Crippen LogP) is 3.36. The van der Waals surface area contributed by atoms with E-state index in [1.54, 1.807) is 4.90 Å². The van der Waals surface area contributed by atoms with Crippen molar-refractivity contribution in [3.05, 3.63) is 34.9 Å². The number of nitrogens with zero attached hydrogens (tertiary/aromatic N) is 1. The molecule has 0 aliphatic carbocycles. The van der Waals surface area contributed by atoms with E-state index in [4.69, 9.17) is 10.5 Å². The molecule has 0 radical (unpaired) electrons. The van der Waals surface area contributed by atoms with Gasteiger partial charge in [0.25, 0.3) is 0 Å². The zero-order valence-corrected chi connectivity index (χ0v) is 14.3. The summed E-state index contributed by atoms with van der Waals surface area (Å²) in [5.41, 5.74) is 9.83. The molecule has 1 saturated heterocycles. The van der Waals surface area contributed by atoms with Crippen LogP contribution in [-0.2, 0) is 4.74 Å². The van der Waals surface area contributed by atoms with Gasteiger partial charge in [-0.25, -0.2) is 4.79 Å². The van der Waals surface area contributed by atoms with E-state index in [0.29, 0.717) is 19.0 Å². The van der Waals surface area contributed by atoms with Gasteiger partial charge in [-0.2, -0.15) is 0 Å². The average Bonchev–Trinajstić information content (AvgIpc) is 2.40. The number of carbonyl (C=O) groups excluding carboxylic acids is 1. The van der Waals surface area contributed by atoms with Crippen LogP contribution in [0.5, 0.6) is 0 Å². The second-order valence-electron chi connectivity index (χ2n) is 7.27. The Morgan fingerprint density at radius 2 is 2.00 bits per heavy atom. The van der Waals surface area contributed by atoms with Crippen LogP contribution in [0.15, 0.2) is 18.2 Å². The maximum absolute atomic E-state index is 12.2. The molecule has 0 aromatic heterocycles. The molecular formula is C18H28N2O2. The van der Waals surface area contributed by atoms with E-state index >= 15 is 0 Å². The number of rotatable bonds is 1. The normalized spacial score (nSPS) is 22.5. The second-order valence-corrected chi connectivity index (χ2v) is 7.27. The number of nitrogens with two attached hydrogens (primary N) is 1. The van der Waals surface area contributed by atoms with Gasteiger partial charge in [0.2, 0.25) is 0 Å². The highest BCUT2D eigenvalue weighted by Crippen LogP contribution is 2.31. The van der Waals surface area contributed by atoms with Crippen LogP contribution in [0.3, 0.4) is 0 Å². The molecule has 1 aliphatic rings. The van der Waals surface area contributed by atoms with Gasteiger partial charge in [0.05, 0.1) is 0 Å². The van der Waals surface area contributed by atoms with Crippen LogP contribution < -0.4 is 5.73 Å². The molecule has 1 aliphatic heterocycles. The molecule has 1 fully saturated rings. The van der Waals surface area contributed by atoms with Gasteiger partial charge < -0.3 is 15.4 Å². The summed E-state index contributed by atoms with van der Waals surface area (Å²) < 4.78 is 5.44. The van der Waals surface area contributed by atoms with Crippen LogP contribution in [0.4, 0.5) is 4.79 Å². The number of carbonyl (C=O) groups is 1. The molecule has 2 N–H and O–H groups in total. The van der Waals surface area contributed by atoms with E-state index in [1.807, 2.05) is 20.8 Å². The van der Waals surface area contributed by atoms with E-state index in [9.17, 15) is 4.79 Å². The van der Waals surface area contributed by atoms with Crippen LogP contribution in [0.2, 0.25) is 0 Å². The highest BCUT2D eigenvalue weighted by atomic mass is 16.6. The summed E-state index contributed by atoms with van der Waals surface area (Å²) in [6.07, 6.45) is 0.618. The van der Waals surface area contributed by atoms with Crippen molar-refractivity contribution >= 4 is 6.09 Å². The van der Waals surface area contributed by atoms with Gasteiger partial charge >= 0.3 is 6.09 Å². The molecule has 0 saturated carbocycles. The van der Waals surface area contributed by atoms with E-state index in [2.05, 4.69) is 32.0 Å². The number of aryl methyl sites for hydroxylation is 1. The van der Waals surface area contributed by atoms with Crippen LogP contribution in [0.1, 0.15) is 49.8 Å². The van der Waals surface area contributed by atoms with Gasteiger partial charge in [-0.05, 0) is 57.7 Å². The van der Waals surface area contributed by atoms with Crippen LogP contribution >= 0.6 is 0 Å². The number of hydrogen-bond donors (Lipinski definition) is 1. The molecule has 0 unspecified atom stereocenters. The first-order valence-corrected chi connectivity index (χ1v) is 7.98. The minimum absolute atomic E-state index is 0.0539. The highest BCUT2D eigenvalue weighted by molar-refractivity contribution is 5.68. The molecule has 1 amide bonds. The minimum Gasteiger partial charge on any atom is -0.444 e. The molecule has 1 aromatic rings. The molecule has 22 heavy (non-hydrogen) atoms. The topological polar surface area (TPSA) is 55.6 Å². The first kappa shape index (κ1) is 16.8. The molecule has 0 spiro atoms. The smallest absolute Gasteiger partial charge is 0.410 e. The molecule has 4 nitrogen and oxygen atoms in total. The Hall–Kier alpha value is -1.55. The molecule has 0 bridgehead atoms. The standard InChI is InChI=1S/C18H28N2O2/c1-12-7-6-8-14(13(12)2)15-9-10-20(11-16(15)19)17(21)22-18(3,4)5/h6-8,15-16H,9-11,19H2,1-5H3/t15-,16-/m1/s1. The van der Waals surface area contributed by atoms with Crippen molar-refractivity contribution in [3.8, 4) is 0 Å². The Bertz CT molecular complexity index is 549. The lowest BCUT2D eigenvalue weighted by Gasteiger charge is -2.38. The first-order chi connectivity index (χ1) is 10.2. The predicted molar refractivity (Wildman–Crippen MR) is 89.1 cm³/mol. The number of amides is 1. The van der Waals surface area contributed by atoms with Crippen molar-refractivity contribution in [2.75, 3.05) is 13.1 Å². The number of likely N-dealkylation sites (tertiary alicyclic amines) is 1. The van der Waals surface area contributed by atoms with Crippen LogP contribution in [0, 0.1) is 13.8 Å². The third-order valence-corrected chi connectivity index (χ3v) is 4.36. The molecule has 2 atom stereocenters. The lowest BCUT2D eigenvalue weighted by molar-refractivity contribution is 0.0186. The zero-order valence-electron chi connectivity index (χ0n) is 14.3. The molecular weight excluding hydrogens is 276 g/mol. The Balaban J connectivity index is 2.07. The first-order valence-electron chi connectivity index (χ1n) is 7.98. The van der Waals surface area contributed by atoms with E-state index < -0.39 is 5.60 Å². The van der Waals surface area contributed by atoms with E-state index in [0.717, 1.165) is 6.42 Å². The largest absolute Gasteiger partial charge is 0.444 e. The quantitative estimate of drug-likeness (QED) is 0.865. The maximum atomic E-state index is 12.2. The van der Waals surface area contributed by atoms with Gasteiger partial charge in [0, 0.05) is 25.0 Å². The maximum Gasteiger partial charge on any atom is 0.410 e. The van der Waals surface area contributed by atoms with Crippen molar-refractivity contribution in [3.63, 3.8) is 0 Å². The van der Waals surface area contributed by atoms with Gasteiger partial charge in [0.15, 0.2) is 0 Å². The SMILES string of the molecule is Cc1cccc([C@H]2CCN(C(=O)OC(C)(C)C)C[C@H]2N)c1C. The molecule has 122 valence electrons. The third kappa shape index (κ3) is 3.80. The second kappa shape index (κ2) is 6.29. The number of piperidine rings is 1. The summed E-state index contributed by atoms with van der Waals surface area (Å²) in [4.78, 5) is 13.9. The van der Waals surface area contributed by atoms with Gasteiger partial charge in [-0.1, -0.05) is 18.2 Å². The summed E-state index contributed by atoms with van der Waals surface area (Å²) in [5, 5.41) is 0. The van der Waals surface area contributed by atoms with Crippen molar-refractivity contribution in [2.45, 2.75) is 58.6 Å². The summed E-state index contributed by atoms with van der Waals surface area (Å²) in [5.74, 6) is 0.304. The van der Waals surface area contributed by atoms with Gasteiger partial charge in [-0.15, -0.1) is 0 Å². The van der Waals surface area contributed by atoms with Crippen molar-refractivity contribution in [2.24, 2.45) is 5.73 Å². The summed E-state index contributed by atoms with van der Waals surface area (Å²) >= 11 is 0. The van der Waals surface area contributed by atoms with Crippen LogP contribution in [-0.4, -0.2) is 35.7 Å². The lowest BCUT2D eigenvalue weighted by Crippen LogP contribution is -2.50. The summed E-state index contributed by atoms with van der Waals surface area (Å²) in [6.45, 7) is 11.2.